The monoisotopic (exact) mass is 395 g/mol. The van der Waals surface area contributed by atoms with Gasteiger partial charge in [0.05, 0.1) is 12.1 Å². The van der Waals surface area contributed by atoms with E-state index in [-0.39, 0.29) is 6.42 Å². The van der Waals surface area contributed by atoms with Gasteiger partial charge >= 0.3 is 5.97 Å². The van der Waals surface area contributed by atoms with Crippen LogP contribution in [-0.2, 0) is 29.1 Å². The molecule has 0 radical (unpaired) electrons. The summed E-state index contributed by atoms with van der Waals surface area (Å²) in [6.07, 6.45) is 5.05. The molecule has 0 atom stereocenters. The Kier molecular flexibility index (Phi) is 7.76. The molecule has 0 bridgehead atoms. The van der Waals surface area contributed by atoms with Gasteiger partial charge in [0.1, 0.15) is 5.52 Å². The Balaban J connectivity index is 1.38. The lowest BCUT2D eigenvalue weighted by atomic mass is 10.0. The second-order valence-corrected chi connectivity index (χ2v) is 7.38. The summed E-state index contributed by atoms with van der Waals surface area (Å²) in [6, 6.07) is 14.3. The van der Waals surface area contributed by atoms with Gasteiger partial charge in [0.25, 0.3) is 0 Å². The molecule has 29 heavy (non-hydrogen) atoms. The van der Waals surface area contributed by atoms with Gasteiger partial charge in [-0.3, -0.25) is 4.79 Å². The van der Waals surface area contributed by atoms with Crippen LogP contribution in [0.1, 0.15) is 48.8 Å². The van der Waals surface area contributed by atoms with Crippen molar-refractivity contribution in [1.29, 1.82) is 0 Å². The van der Waals surface area contributed by atoms with E-state index in [0.29, 0.717) is 13.0 Å². The third kappa shape index (κ3) is 6.12. The van der Waals surface area contributed by atoms with E-state index in [0.717, 1.165) is 61.0 Å². The fourth-order valence-electron chi connectivity index (χ4n) is 3.47. The van der Waals surface area contributed by atoms with Crippen molar-refractivity contribution >= 4 is 17.0 Å². The number of aliphatic carboxylic acids is 1. The maximum Gasteiger partial charge on any atom is 0.303 e. The normalized spacial score (nSPS) is 11.2. The minimum Gasteiger partial charge on any atom is -0.481 e. The van der Waals surface area contributed by atoms with Crippen LogP contribution in [0.4, 0.5) is 0 Å². The number of unbranched alkanes of at least 4 members (excludes halogenated alkanes) is 3. The first-order chi connectivity index (χ1) is 14.1. The molecule has 0 saturated carbocycles. The summed E-state index contributed by atoms with van der Waals surface area (Å²) in [5.74, 6) is -0.779. The van der Waals surface area contributed by atoms with Gasteiger partial charge < -0.3 is 9.84 Å². The first-order valence-electron chi connectivity index (χ1n) is 10.3. The molecular weight excluding hydrogens is 366 g/mol. The van der Waals surface area contributed by atoms with E-state index >= 15 is 0 Å². The number of aryl methyl sites for hydroxylation is 3. The Labute approximate surface area is 171 Å². The second kappa shape index (κ2) is 10.7. The fourth-order valence-corrected chi connectivity index (χ4v) is 3.47. The summed E-state index contributed by atoms with van der Waals surface area (Å²) in [7, 11) is 0. The minimum atomic E-state index is -0.779. The lowest BCUT2D eigenvalue weighted by Crippen LogP contribution is -2.02. The van der Waals surface area contributed by atoms with Gasteiger partial charge in [0.15, 0.2) is 0 Å². The zero-order valence-corrected chi connectivity index (χ0v) is 17.0. The Morgan fingerprint density at radius 3 is 2.66 bits per heavy atom. The fraction of sp³-hybridized carbons (Fsp3) is 0.435. The van der Waals surface area contributed by atoms with Crippen LogP contribution >= 0.6 is 0 Å². The third-order valence-corrected chi connectivity index (χ3v) is 5.18. The average Bonchev–Trinajstić information content (AvgIpc) is 3.14. The van der Waals surface area contributed by atoms with Crippen LogP contribution in [0.5, 0.6) is 0 Å². The van der Waals surface area contributed by atoms with Gasteiger partial charge in [-0.05, 0) is 48.9 Å². The van der Waals surface area contributed by atoms with Crippen LogP contribution in [0.2, 0.25) is 0 Å². The third-order valence-electron chi connectivity index (χ3n) is 5.18. The van der Waals surface area contributed by atoms with Gasteiger partial charge in [-0.25, -0.2) is 4.68 Å². The van der Waals surface area contributed by atoms with E-state index in [1.165, 1.54) is 5.56 Å². The standard InChI is InChI=1S/C23H29N3O3/c1-18-20(12-14-22(27)28)11-13-21-23(18)24-25-26(21)15-7-2-3-8-16-29-17-19-9-5-4-6-10-19/h4-6,9-11,13H,2-3,7-8,12,14-17H2,1H3,(H,27,28). The highest BCUT2D eigenvalue weighted by Crippen LogP contribution is 2.21. The second-order valence-electron chi connectivity index (χ2n) is 7.38. The highest BCUT2D eigenvalue weighted by Gasteiger charge is 2.11. The molecule has 154 valence electrons. The number of carbonyl (C=O) groups is 1. The van der Waals surface area contributed by atoms with Crippen LogP contribution in [0.15, 0.2) is 42.5 Å². The van der Waals surface area contributed by atoms with Crippen molar-refractivity contribution in [3.8, 4) is 0 Å². The highest BCUT2D eigenvalue weighted by atomic mass is 16.5. The number of hydrogen-bond donors (Lipinski definition) is 1. The van der Waals surface area contributed by atoms with E-state index in [1.54, 1.807) is 0 Å². The number of carboxylic acid groups (broad SMARTS) is 1. The number of benzene rings is 2. The number of nitrogens with zero attached hydrogens (tertiary/aromatic N) is 3. The molecule has 0 aliphatic heterocycles. The summed E-state index contributed by atoms with van der Waals surface area (Å²) in [6.45, 7) is 4.31. The lowest BCUT2D eigenvalue weighted by Gasteiger charge is -2.07. The van der Waals surface area contributed by atoms with E-state index < -0.39 is 5.97 Å². The van der Waals surface area contributed by atoms with Crippen LogP contribution in [-0.4, -0.2) is 32.7 Å². The summed E-state index contributed by atoms with van der Waals surface area (Å²) in [4.78, 5) is 10.8. The number of fused-ring (bicyclic) bond motifs is 1. The van der Waals surface area contributed by atoms with Crippen molar-refractivity contribution in [1.82, 2.24) is 15.0 Å². The molecule has 1 aromatic heterocycles. The molecule has 0 spiro atoms. The van der Waals surface area contributed by atoms with Crippen LogP contribution in [0.3, 0.4) is 0 Å². The lowest BCUT2D eigenvalue weighted by molar-refractivity contribution is -0.136. The Morgan fingerprint density at radius 1 is 1.07 bits per heavy atom. The number of carboxylic acids is 1. The summed E-state index contributed by atoms with van der Waals surface area (Å²) >= 11 is 0. The molecule has 0 unspecified atom stereocenters. The predicted octanol–water partition coefficient (Wildman–Crippen LogP) is 4.53. The van der Waals surface area contributed by atoms with Crippen molar-refractivity contribution in [2.75, 3.05) is 6.61 Å². The molecule has 0 amide bonds. The maximum absolute atomic E-state index is 10.8. The molecule has 0 aliphatic rings. The first kappa shape index (κ1) is 21.0. The Bertz CT molecular complexity index is 922. The van der Waals surface area contributed by atoms with Gasteiger partial charge in [-0.15, -0.1) is 5.10 Å². The molecule has 0 fully saturated rings. The molecular formula is C23H29N3O3. The van der Waals surface area contributed by atoms with E-state index in [1.807, 2.05) is 41.9 Å². The summed E-state index contributed by atoms with van der Waals surface area (Å²) in [5, 5.41) is 17.5. The predicted molar refractivity (Wildman–Crippen MR) is 113 cm³/mol. The Hall–Kier alpha value is -2.73. The van der Waals surface area contributed by atoms with Crippen LogP contribution in [0.25, 0.3) is 11.0 Å². The van der Waals surface area contributed by atoms with Crippen molar-refractivity contribution < 1.29 is 14.6 Å². The topological polar surface area (TPSA) is 77.2 Å². The smallest absolute Gasteiger partial charge is 0.303 e. The number of hydrogen-bond acceptors (Lipinski definition) is 4. The summed E-state index contributed by atoms with van der Waals surface area (Å²) in [5.41, 5.74) is 5.18. The van der Waals surface area contributed by atoms with Crippen molar-refractivity contribution in [2.24, 2.45) is 0 Å². The molecule has 3 rings (SSSR count). The number of ether oxygens (including phenoxy) is 1. The minimum absolute atomic E-state index is 0.134. The summed E-state index contributed by atoms with van der Waals surface area (Å²) < 4.78 is 7.68. The molecule has 1 N–H and O–H groups in total. The van der Waals surface area contributed by atoms with Gasteiger partial charge in [-0.1, -0.05) is 54.5 Å². The number of aromatic nitrogens is 3. The van der Waals surface area contributed by atoms with E-state index in [4.69, 9.17) is 9.84 Å². The SMILES string of the molecule is Cc1c(CCC(=O)O)ccc2c1nnn2CCCCCCOCc1ccccc1. The van der Waals surface area contributed by atoms with Crippen LogP contribution in [0, 0.1) is 6.92 Å². The van der Waals surface area contributed by atoms with Crippen molar-refractivity contribution in [3.05, 3.63) is 59.2 Å². The van der Waals surface area contributed by atoms with Gasteiger partial charge in [0, 0.05) is 19.6 Å². The maximum atomic E-state index is 10.8. The highest BCUT2D eigenvalue weighted by molar-refractivity contribution is 5.79. The molecule has 6 heteroatoms. The molecule has 0 saturated heterocycles. The van der Waals surface area contributed by atoms with Crippen molar-refractivity contribution in [2.45, 2.75) is 58.6 Å². The molecule has 2 aromatic carbocycles. The van der Waals surface area contributed by atoms with Gasteiger partial charge in [-0.2, -0.15) is 0 Å². The molecule has 3 aromatic rings. The van der Waals surface area contributed by atoms with E-state index in [9.17, 15) is 4.79 Å². The first-order valence-corrected chi connectivity index (χ1v) is 10.3. The largest absolute Gasteiger partial charge is 0.481 e. The van der Waals surface area contributed by atoms with Crippen molar-refractivity contribution in [3.63, 3.8) is 0 Å². The van der Waals surface area contributed by atoms with Crippen LogP contribution < -0.4 is 0 Å². The zero-order valence-electron chi connectivity index (χ0n) is 17.0. The Morgan fingerprint density at radius 2 is 1.86 bits per heavy atom. The zero-order chi connectivity index (χ0) is 20.5. The molecule has 6 nitrogen and oxygen atoms in total. The molecule has 0 aliphatic carbocycles. The quantitative estimate of drug-likeness (QED) is 0.456. The van der Waals surface area contributed by atoms with Gasteiger partial charge in [0.2, 0.25) is 0 Å². The van der Waals surface area contributed by atoms with E-state index in [2.05, 4.69) is 22.4 Å². The average molecular weight is 396 g/mol. The number of rotatable bonds is 12. The molecule has 1 heterocycles.